The van der Waals surface area contributed by atoms with Crippen LogP contribution in [0.25, 0.3) is 0 Å². The van der Waals surface area contributed by atoms with Gasteiger partial charge >= 0.3 is 0 Å². The van der Waals surface area contributed by atoms with Crippen LogP contribution < -0.4 is 14.8 Å². The van der Waals surface area contributed by atoms with Crippen LogP contribution in [0, 0.1) is 0 Å². The quantitative estimate of drug-likeness (QED) is 0.236. The Balaban J connectivity index is 1.45. The summed E-state index contributed by atoms with van der Waals surface area (Å²) in [5.41, 5.74) is 1.63. The molecule has 0 aliphatic heterocycles. The lowest BCUT2D eigenvalue weighted by Crippen LogP contribution is -2.12. The van der Waals surface area contributed by atoms with Crippen molar-refractivity contribution in [2.24, 2.45) is 0 Å². The first-order valence-corrected chi connectivity index (χ1v) is 12.8. The summed E-state index contributed by atoms with van der Waals surface area (Å²) in [7, 11) is 0. The molecule has 0 saturated carbocycles. The minimum atomic E-state index is -0.202. The number of aromatic nitrogens is 1. The average molecular weight is 467 g/mol. The minimum absolute atomic E-state index is 0.202. The molecule has 2 aromatic heterocycles. The normalized spacial score (nSPS) is 10.7. The van der Waals surface area contributed by atoms with Gasteiger partial charge in [-0.25, -0.2) is 0 Å². The van der Waals surface area contributed by atoms with E-state index in [-0.39, 0.29) is 5.91 Å². The number of thiophene rings is 1. The molecule has 1 aromatic carbocycles. The summed E-state index contributed by atoms with van der Waals surface area (Å²) >= 11 is 1.35. The molecule has 1 amide bonds. The zero-order valence-corrected chi connectivity index (χ0v) is 20.2. The molecule has 0 bridgehead atoms. The van der Waals surface area contributed by atoms with E-state index in [1.54, 1.807) is 24.5 Å². The number of carbonyl (C=O) groups is 1. The van der Waals surface area contributed by atoms with Crippen molar-refractivity contribution >= 4 is 22.9 Å². The number of amides is 1. The van der Waals surface area contributed by atoms with E-state index in [4.69, 9.17) is 9.47 Å². The monoisotopic (exact) mass is 466 g/mol. The van der Waals surface area contributed by atoms with Gasteiger partial charge in [0, 0.05) is 11.8 Å². The Morgan fingerprint density at radius 3 is 2.48 bits per heavy atom. The standard InChI is InChI=1S/C27H34N2O3S/c1-2-3-4-5-6-7-8-11-18-31-24-15-10-9-13-22(24)21-32-25-16-19-33-26(25)27(30)29-23-14-12-17-28-20-23/h9-10,12-17,19-20H,2-8,11,18,21H2,1H3,(H,29,30). The van der Waals surface area contributed by atoms with E-state index in [9.17, 15) is 4.79 Å². The fraction of sp³-hybridized carbons (Fsp3) is 0.407. The van der Waals surface area contributed by atoms with Crippen LogP contribution in [0.3, 0.4) is 0 Å². The van der Waals surface area contributed by atoms with Gasteiger partial charge in [0.25, 0.3) is 5.91 Å². The highest BCUT2D eigenvalue weighted by Crippen LogP contribution is 2.28. The number of nitrogens with one attached hydrogen (secondary N) is 1. The number of rotatable bonds is 15. The summed E-state index contributed by atoms with van der Waals surface area (Å²) in [4.78, 5) is 17.2. The van der Waals surface area contributed by atoms with Crippen molar-refractivity contribution in [3.8, 4) is 11.5 Å². The van der Waals surface area contributed by atoms with Crippen LogP contribution in [0.5, 0.6) is 11.5 Å². The fourth-order valence-electron chi connectivity index (χ4n) is 3.54. The Labute approximate surface area is 201 Å². The number of ether oxygens (including phenoxy) is 2. The number of unbranched alkanes of at least 4 members (excludes halogenated alkanes) is 7. The minimum Gasteiger partial charge on any atom is -0.493 e. The molecule has 3 rings (SSSR count). The summed E-state index contributed by atoms with van der Waals surface area (Å²) in [6.07, 6.45) is 13.5. The average Bonchev–Trinajstić information content (AvgIpc) is 3.32. The molecular formula is C27H34N2O3S. The largest absolute Gasteiger partial charge is 0.493 e. The predicted octanol–water partition coefficient (Wildman–Crippen LogP) is 7.49. The van der Waals surface area contributed by atoms with E-state index in [2.05, 4.69) is 17.2 Å². The highest BCUT2D eigenvalue weighted by molar-refractivity contribution is 7.12. The zero-order valence-electron chi connectivity index (χ0n) is 19.4. The van der Waals surface area contributed by atoms with Crippen LogP contribution in [-0.2, 0) is 6.61 Å². The maximum atomic E-state index is 12.6. The number of hydrogen-bond donors (Lipinski definition) is 1. The topological polar surface area (TPSA) is 60.5 Å². The first-order valence-electron chi connectivity index (χ1n) is 11.9. The van der Waals surface area contributed by atoms with E-state index in [0.717, 1.165) is 17.7 Å². The van der Waals surface area contributed by atoms with Crippen LogP contribution in [-0.4, -0.2) is 17.5 Å². The molecule has 0 aliphatic carbocycles. The van der Waals surface area contributed by atoms with E-state index in [1.807, 2.05) is 35.7 Å². The van der Waals surface area contributed by atoms with E-state index in [1.165, 1.54) is 56.3 Å². The summed E-state index contributed by atoms with van der Waals surface area (Å²) in [6, 6.07) is 13.4. The Bertz CT molecular complexity index is 959. The number of benzene rings is 1. The highest BCUT2D eigenvalue weighted by atomic mass is 32.1. The Kier molecular flexibility index (Phi) is 10.8. The highest BCUT2D eigenvalue weighted by Gasteiger charge is 2.15. The Morgan fingerprint density at radius 1 is 0.909 bits per heavy atom. The van der Waals surface area contributed by atoms with Crippen LogP contribution in [0.2, 0.25) is 0 Å². The maximum absolute atomic E-state index is 12.6. The van der Waals surface area contributed by atoms with Gasteiger partial charge in [-0.2, -0.15) is 0 Å². The fourth-order valence-corrected chi connectivity index (χ4v) is 4.27. The van der Waals surface area contributed by atoms with Gasteiger partial charge in [0.2, 0.25) is 0 Å². The van der Waals surface area contributed by atoms with Gasteiger partial charge < -0.3 is 14.8 Å². The summed E-state index contributed by atoms with van der Waals surface area (Å²) < 4.78 is 12.1. The lowest BCUT2D eigenvalue weighted by atomic mass is 10.1. The lowest BCUT2D eigenvalue weighted by molar-refractivity contribution is 0.102. The van der Waals surface area contributed by atoms with Crippen LogP contribution in [0.15, 0.2) is 60.2 Å². The second-order valence-corrected chi connectivity index (χ2v) is 8.95. The molecule has 176 valence electrons. The van der Waals surface area contributed by atoms with Crippen molar-refractivity contribution in [2.75, 3.05) is 11.9 Å². The SMILES string of the molecule is CCCCCCCCCCOc1ccccc1COc1ccsc1C(=O)Nc1cccnc1. The molecule has 0 fully saturated rings. The molecular weight excluding hydrogens is 432 g/mol. The van der Waals surface area contributed by atoms with Crippen molar-refractivity contribution < 1.29 is 14.3 Å². The van der Waals surface area contributed by atoms with Gasteiger partial charge in [-0.15, -0.1) is 11.3 Å². The second kappa shape index (κ2) is 14.3. The van der Waals surface area contributed by atoms with Crippen LogP contribution in [0.4, 0.5) is 5.69 Å². The van der Waals surface area contributed by atoms with Crippen molar-refractivity contribution in [2.45, 2.75) is 64.9 Å². The molecule has 33 heavy (non-hydrogen) atoms. The molecule has 0 spiro atoms. The van der Waals surface area contributed by atoms with Crippen molar-refractivity contribution in [1.29, 1.82) is 0 Å². The summed E-state index contributed by atoms with van der Waals surface area (Å²) in [5, 5.41) is 4.72. The molecule has 0 unspecified atom stereocenters. The van der Waals surface area contributed by atoms with Crippen LogP contribution in [0.1, 0.15) is 73.5 Å². The number of anilines is 1. The van der Waals surface area contributed by atoms with Crippen molar-refractivity contribution in [3.63, 3.8) is 0 Å². The third kappa shape index (κ3) is 8.54. The molecule has 2 heterocycles. The van der Waals surface area contributed by atoms with E-state index < -0.39 is 0 Å². The van der Waals surface area contributed by atoms with E-state index in [0.29, 0.717) is 29.5 Å². The number of carbonyl (C=O) groups excluding carboxylic acids is 1. The number of pyridine rings is 1. The Hall–Kier alpha value is -2.86. The molecule has 5 nitrogen and oxygen atoms in total. The molecule has 6 heteroatoms. The predicted molar refractivity (Wildman–Crippen MR) is 135 cm³/mol. The van der Waals surface area contributed by atoms with Crippen molar-refractivity contribution in [1.82, 2.24) is 4.98 Å². The molecule has 0 aliphatic rings. The molecule has 0 atom stereocenters. The van der Waals surface area contributed by atoms with Gasteiger partial charge in [0.05, 0.1) is 18.5 Å². The summed E-state index contributed by atoms with van der Waals surface area (Å²) in [6.45, 7) is 3.31. The molecule has 0 saturated heterocycles. The van der Waals surface area contributed by atoms with Gasteiger partial charge in [-0.1, -0.05) is 70.1 Å². The lowest BCUT2D eigenvalue weighted by Gasteiger charge is -2.13. The molecule has 3 aromatic rings. The third-order valence-electron chi connectivity index (χ3n) is 5.37. The number of para-hydroxylation sites is 1. The maximum Gasteiger partial charge on any atom is 0.269 e. The van der Waals surface area contributed by atoms with E-state index >= 15 is 0 Å². The van der Waals surface area contributed by atoms with Crippen LogP contribution >= 0.6 is 11.3 Å². The smallest absolute Gasteiger partial charge is 0.269 e. The number of nitrogens with zero attached hydrogens (tertiary/aromatic N) is 1. The first-order chi connectivity index (χ1) is 16.3. The first kappa shape index (κ1) is 24.8. The Morgan fingerprint density at radius 2 is 1.70 bits per heavy atom. The molecule has 0 radical (unpaired) electrons. The van der Waals surface area contributed by atoms with Crippen molar-refractivity contribution in [3.05, 3.63) is 70.7 Å². The van der Waals surface area contributed by atoms with Gasteiger partial charge in [0.15, 0.2) is 0 Å². The zero-order chi connectivity index (χ0) is 23.1. The van der Waals surface area contributed by atoms with Gasteiger partial charge in [-0.05, 0) is 36.1 Å². The number of hydrogen-bond acceptors (Lipinski definition) is 5. The van der Waals surface area contributed by atoms with Gasteiger partial charge in [0.1, 0.15) is 23.0 Å². The second-order valence-electron chi connectivity index (χ2n) is 8.03. The third-order valence-corrected chi connectivity index (χ3v) is 6.26. The van der Waals surface area contributed by atoms with Gasteiger partial charge in [-0.3, -0.25) is 9.78 Å². The summed E-state index contributed by atoms with van der Waals surface area (Å²) in [5.74, 6) is 1.21. The molecule has 1 N–H and O–H groups in total.